The van der Waals surface area contributed by atoms with Gasteiger partial charge in [-0.3, -0.25) is 4.79 Å². The average Bonchev–Trinajstić information content (AvgIpc) is 2.46. The van der Waals surface area contributed by atoms with Crippen molar-refractivity contribution in [2.75, 3.05) is 0 Å². The standard InChI is InChI=1S/C7H3Cl2N3O/c8-5-1-2-6-10-3-4(7(9)13)12(6)11-5/h1-3H. The van der Waals surface area contributed by atoms with E-state index in [4.69, 9.17) is 23.2 Å². The number of hydrogen-bond donors (Lipinski definition) is 0. The fourth-order valence-corrected chi connectivity index (χ4v) is 1.25. The third-order valence-corrected chi connectivity index (χ3v) is 1.93. The largest absolute Gasteiger partial charge is 0.274 e. The smallest absolute Gasteiger partial charge is 0.272 e. The predicted octanol–water partition coefficient (Wildman–Crippen LogP) is 1.76. The molecule has 0 fully saturated rings. The zero-order valence-corrected chi connectivity index (χ0v) is 7.75. The lowest BCUT2D eigenvalue weighted by Gasteiger charge is -1.94. The first-order chi connectivity index (χ1) is 6.18. The van der Waals surface area contributed by atoms with E-state index in [2.05, 4.69) is 10.1 Å². The molecule has 0 aliphatic carbocycles. The number of carbonyl (C=O) groups is 1. The van der Waals surface area contributed by atoms with Gasteiger partial charge in [0.05, 0.1) is 6.20 Å². The molecule has 2 aromatic rings. The van der Waals surface area contributed by atoms with Crippen molar-refractivity contribution in [1.82, 2.24) is 14.6 Å². The summed E-state index contributed by atoms with van der Waals surface area (Å²) in [5, 5.41) is 3.54. The Labute approximate surface area is 83.1 Å². The number of halogens is 2. The lowest BCUT2D eigenvalue weighted by atomic mass is 10.5. The molecule has 0 spiro atoms. The summed E-state index contributed by atoms with van der Waals surface area (Å²) in [6, 6.07) is 3.24. The molecule has 0 bridgehead atoms. The normalized spacial score (nSPS) is 10.6. The molecule has 0 saturated heterocycles. The Morgan fingerprint density at radius 2 is 2.23 bits per heavy atom. The number of fused-ring (bicyclic) bond motifs is 1. The molecule has 0 radical (unpaired) electrons. The van der Waals surface area contributed by atoms with E-state index < -0.39 is 5.24 Å². The highest BCUT2D eigenvalue weighted by Crippen LogP contribution is 2.10. The second kappa shape index (κ2) is 2.97. The monoisotopic (exact) mass is 215 g/mol. The van der Waals surface area contributed by atoms with Crippen molar-refractivity contribution < 1.29 is 4.79 Å². The van der Waals surface area contributed by atoms with E-state index >= 15 is 0 Å². The topological polar surface area (TPSA) is 47.3 Å². The molecular weight excluding hydrogens is 213 g/mol. The molecule has 13 heavy (non-hydrogen) atoms. The van der Waals surface area contributed by atoms with E-state index in [0.29, 0.717) is 5.65 Å². The van der Waals surface area contributed by atoms with E-state index in [-0.39, 0.29) is 10.8 Å². The summed E-state index contributed by atoms with van der Waals surface area (Å²) in [5.74, 6) is 0. The number of carbonyl (C=O) groups excluding carboxylic acids is 1. The Morgan fingerprint density at radius 1 is 1.46 bits per heavy atom. The van der Waals surface area contributed by atoms with Gasteiger partial charge in [0.15, 0.2) is 5.65 Å². The summed E-state index contributed by atoms with van der Waals surface area (Å²) in [7, 11) is 0. The lowest BCUT2D eigenvalue weighted by molar-refractivity contribution is 0.107. The van der Waals surface area contributed by atoms with Gasteiger partial charge in [-0.25, -0.2) is 9.50 Å². The SMILES string of the molecule is O=C(Cl)c1cnc2ccc(Cl)nn12. The molecule has 4 nitrogen and oxygen atoms in total. The minimum atomic E-state index is -0.609. The predicted molar refractivity (Wildman–Crippen MR) is 48.2 cm³/mol. The molecule has 0 aliphatic heterocycles. The number of aromatic nitrogens is 3. The van der Waals surface area contributed by atoms with Crippen LogP contribution in [0.4, 0.5) is 0 Å². The Hall–Kier alpha value is -1.13. The Kier molecular flexibility index (Phi) is 1.94. The highest BCUT2D eigenvalue weighted by molar-refractivity contribution is 6.67. The van der Waals surface area contributed by atoms with Gasteiger partial charge in [-0.1, -0.05) is 11.6 Å². The van der Waals surface area contributed by atoms with Crippen LogP contribution in [-0.2, 0) is 0 Å². The highest BCUT2D eigenvalue weighted by Gasteiger charge is 2.10. The molecule has 0 saturated carbocycles. The third kappa shape index (κ3) is 1.38. The van der Waals surface area contributed by atoms with Gasteiger partial charge in [0.25, 0.3) is 5.24 Å². The molecule has 0 atom stereocenters. The first-order valence-corrected chi connectivity index (χ1v) is 4.14. The Bertz CT molecular complexity index is 480. The summed E-state index contributed by atoms with van der Waals surface area (Å²) in [4.78, 5) is 14.8. The van der Waals surface area contributed by atoms with Crippen LogP contribution in [0.15, 0.2) is 18.3 Å². The van der Waals surface area contributed by atoms with Crippen LogP contribution >= 0.6 is 23.2 Å². The zero-order valence-electron chi connectivity index (χ0n) is 6.24. The summed E-state index contributed by atoms with van der Waals surface area (Å²) in [5.41, 5.74) is 0.743. The molecule has 0 amide bonds. The molecule has 6 heteroatoms. The highest BCUT2D eigenvalue weighted by atomic mass is 35.5. The van der Waals surface area contributed by atoms with Gasteiger partial charge in [0.1, 0.15) is 10.8 Å². The maximum Gasteiger partial charge on any atom is 0.272 e. The van der Waals surface area contributed by atoms with Crippen LogP contribution in [0.3, 0.4) is 0 Å². The number of imidazole rings is 1. The van der Waals surface area contributed by atoms with E-state index in [9.17, 15) is 4.79 Å². The molecule has 0 aliphatic rings. The molecule has 2 aromatic heterocycles. The van der Waals surface area contributed by atoms with Crippen LogP contribution in [0, 0.1) is 0 Å². The molecule has 0 unspecified atom stereocenters. The van der Waals surface area contributed by atoms with Gasteiger partial charge in [-0.2, -0.15) is 5.10 Å². The molecule has 2 heterocycles. The summed E-state index contributed by atoms with van der Waals surface area (Å²) < 4.78 is 1.30. The maximum absolute atomic E-state index is 10.9. The Balaban J connectivity index is 2.79. The van der Waals surface area contributed by atoms with Gasteiger partial charge in [0.2, 0.25) is 0 Å². The first kappa shape index (κ1) is 8.47. The van der Waals surface area contributed by atoms with Crippen molar-refractivity contribution in [3.63, 3.8) is 0 Å². The van der Waals surface area contributed by atoms with E-state index in [1.807, 2.05) is 0 Å². The molecule has 66 valence electrons. The van der Waals surface area contributed by atoms with E-state index in [1.165, 1.54) is 10.7 Å². The third-order valence-electron chi connectivity index (χ3n) is 1.53. The van der Waals surface area contributed by atoms with Crippen LogP contribution in [0.1, 0.15) is 10.5 Å². The van der Waals surface area contributed by atoms with Gasteiger partial charge in [0, 0.05) is 0 Å². The average molecular weight is 216 g/mol. The van der Waals surface area contributed by atoms with Crippen LogP contribution in [0.25, 0.3) is 5.65 Å². The van der Waals surface area contributed by atoms with Crippen LogP contribution in [0.5, 0.6) is 0 Å². The molecule has 0 N–H and O–H groups in total. The van der Waals surface area contributed by atoms with Crippen molar-refractivity contribution in [3.05, 3.63) is 29.2 Å². The maximum atomic E-state index is 10.9. The molecule has 0 aromatic carbocycles. The van der Waals surface area contributed by atoms with Crippen LogP contribution in [-0.4, -0.2) is 19.8 Å². The number of hydrogen-bond acceptors (Lipinski definition) is 3. The minimum Gasteiger partial charge on any atom is -0.274 e. The van der Waals surface area contributed by atoms with Gasteiger partial charge >= 0.3 is 0 Å². The summed E-state index contributed by atoms with van der Waals surface area (Å²) in [6.07, 6.45) is 1.36. The van der Waals surface area contributed by atoms with Gasteiger partial charge in [-0.05, 0) is 23.7 Å². The zero-order chi connectivity index (χ0) is 9.42. The second-order valence-electron chi connectivity index (χ2n) is 2.34. The van der Waals surface area contributed by atoms with Gasteiger partial charge in [-0.15, -0.1) is 0 Å². The van der Waals surface area contributed by atoms with Gasteiger partial charge < -0.3 is 0 Å². The van der Waals surface area contributed by atoms with Crippen molar-refractivity contribution in [3.8, 4) is 0 Å². The molecular formula is C7H3Cl2N3O. The fraction of sp³-hybridized carbons (Fsp3) is 0. The summed E-state index contributed by atoms with van der Waals surface area (Å²) in [6.45, 7) is 0. The Morgan fingerprint density at radius 3 is 2.92 bits per heavy atom. The van der Waals surface area contributed by atoms with Crippen molar-refractivity contribution in [1.29, 1.82) is 0 Å². The van der Waals surface area contributed by atoms with E-state index in [1.54, 1.807) is 12.1 Å². The lowest BCUT2D eigenvalue weighted by Crippen LogP contribution is -1.99. The van der Waals surface area contributed by atoms with Crippen LogP contribution < -0.4 is 0 Å². The second-order valence-corrected chi connectivity index (χ2v) is 3.07. The minimum absolute atomic E-state index is 0.208. The summed E-state index contributed by atoms with van der Waals surface area (Å²) >= 11 is 10.9. The van der Waals surface area contributed by atoms with Crippen molar-refractivity contribution in [2.45, 2.75) is 0 Å². The fourth-order valence-electron chi connectivity index (χ4n) is 0.985. The number of rotatable bonds is 1. The number of nitrogens with zero attached hydrogens (tertiary/aromatic N) is 3. The van der Waals surface area contributed by atoms with Crippen LogP contribution in [0.2, 0.25) is 5.15 Å². The van der Waals surface area contributed by atoms with Crippen molar-refractivity contribution in [2.24, 2.45) is 0 Å². The molecule has 2 rings (SSSR count). The van der Waals surface area contributed by atoms with E-state index in [0.717, 1.165) is 0 Å². The quantitative estimate of drug-likeness (QED) is 0.682. The first-order valence-electron chi connectivity index (χ1n) is 3.38. The van der Waals surface area contributed by atoms with Crippen molar-refractivity contribution >= 4 is 34.1 Å².